The largest absolute Gasteiger partial charge is 0.462 e. The Balaban J connectivity index is 1.33. The fraction of sp³-hybridized carbons (Fsp3) is 0.467. The second-order valence-corrected chi connectivity index (χ2v) is 12.0. The third-order valence-electron chi connectivity index (χ3n) is 8.60. The van der Waals surface area contributed by atoms with E-state index in [1.807, 2.05) is 6.07 Å². The fourth-order valence-electron chi connectivity index (χ4n) is 6.31. The molecule has 3 aliphatic rings. The van der Waals surface area contributed by atoms with E-state index < -0.39 is 10.9 Å². The van der Waals surface area contributed by atoms with Crippen molar-refractivity contribution < 1.29 is 18.3 Å². The molecule has 220 valence electrons. The van der Waals surface area contributed by atoms with Crippen molar-refractivity contribution in [3.8, 4) is 12.1 Å². The molecular weight excluding hydrogens is 560 g/mol. The van der Waals surface area contributed by atoms with Crippen LogP contribution in [-0.4, -0.2) is 84.1 Å². The van der Waals surface area contributed by atoms with Crippen LogP contribution in [0.25, 0.3) is 10.1 Å². The van der Waals surface area contributed by atoms with Crippen LogP contribution in [0.1, 0.15) is 30.5 Å². The number of likely N-dealkylation sites (tertiary alicyclic amines) is 1. The fourth-order valence-corrected chi connectivity index (χ4v) is 7.26. The molecule has 1 amide bonds. The summed E-state index contributed by atoms with van der Waals surface area (Å²) in [6.07, 6.45) is 4.29. The summed E-state index contributed by atoms with van der Waals surface area (Å²) in [6.45, 7) is 7.63. The number of amides is 1. The number of likely N-dealkylation sites (N-methyl/N-ethyl adjacent to an activating group) is 1. The Kier molecular flexibility index (Phi) is 7.96. The van der Waals surface area contributed by atoms with E-state index in [1.165, 1.54) is 6.08 Å². The van der Waals surface area contributed by atoms with Crippen LogP contribution >= 0.6 is 11.3 Å². The standard InChI is InChI=1S/C30H33F2N7O2S/c1-3-25(40)39-15-14-38(16-19(39)9-11-33)29-21-10-13-37(24-8-4-7-22-26(31)28(32)42-27(22)24)17-23(21)34-30(35-29)41-18-20-6-5-12-36(20)2/h3-4,7-8,19-20H,1,5-6,9-10,12-18H2,2H3/t19-,20-/m0/s1. The lowest BCUT2D eigenvalue weighted by Crippen LogP contribution is -2.55. The Morgan fingerprint density at radius 3 is 2.83 bits per heavy atom. The van der Waals surface area contributed by atoms with Crippen LogP contribution in [0.4, 0.5) is 20.3 Å². The number of carbonyl (C=O) groups is 1. The summed E-state index contributed by atoms with van der Waals surface area (Å²) in [4.78, 5) is 30.4. The van der Waals surface area contributed by atoms with Crippen LogP contribution in [0.3, 0.4) is 0 Å². The highest BCUT2D eigenvalue weighted by molar-refractivity contribution is 7.18. The molecule has 3 aliphatic heterocycles. The highest BCUT2D eigenvalue weighted by Crippen LogP contribution is 2.39. The number of hydrogen-bond donors (Lipinski definition) is 0. The van der Waals surface area contributed by atoms with Crippen molar-refractivity contribution in [3.63, 3.8) is 0 Å². The Hall–Kier alpha value is -3.82. The molecule has 42 heavy (non-hydrogen) atoms. The molecule has 0 spiro atoms. The summed E-state index contributed by atoms with van der Waals surface area (Å²) >= 11 is 0.822. The van der Waals surface area contributed by atoms with Crippen LogP contribution in [0.5, 0.6) is 6.01 Å². The van der Waals surface area contributed by atoms with E-state index in [2.05, 4.69) is 34.4 Å². The number of halogens is 2. The average Bonchev–Trinajstić information content (AvgIpc) is 3.55. The van der Waals surface area contributed by atoms with Gasteiger partial charge in [0.2, 0.25) is 11.0 Å². The third-order valence-corrected chi connectivity index (χ3v) is 9.59. The number of rotatable bonds is 7. The Labute approximate surface area is 247 Å². The maximum Gasteiger partial charge on any atom is 0.318 e. The molecule has 3 aromatic rings. The van der Waals surface area contributed by atoms with Gasteiger partial charge < -0.3 is 24.3 Å². The molecule has 9 nitrogen and oxygen atoms in total. The molecule has 0 bridgehead atoms. The highest BCUT2D eigenvalue weighted by atomic mass is 32.1. The molecule has 0 radical (unpaired) electrons. The first-order chi connectivity index (χ1) is 20.4. The SMILES string of the molecule is C=CC(=O)N1CCN(c2nc(OC[C@@H]3CCCN3C)nc3c2CCN(c2cccc4c(F)c(F)sc24)C3)C[C@@H]1CC#N. The molecule has 0 aliphatic carbocycles. The van der Waals surface area contributed by atoms with Crippen LogP contribution in [-0.2, 0) is 17.8 Å². The summed E-state index contributed by atoms with van der Waals surface area (Å²) in [5.41, 5.74) is 2.57. The van der Waals surface area contributed by atoms with Gasteiger partial charge in [-0.15, -0.1) is 11.3 Å². The summed E-state index contributed by atoms with van der Waals surface area (Å²) in [5, 5.41) is 8.95. The molecule has 2 atom stereocenters. The topological polar surface area (TPSA) is 88.8 Å². The molecule has 12 heteroatoms. The van der Waals surface area contributed by atoms with Crippen molar-refractivity contribution in [3.05, 3.63) is 53.1 Å². The van der Waals surface area contributed by atoms with Crippen LogP contribution < -0.4 is 14.5 Å². The number of nitrogens with zero attached hydrogens (tertiary/aromatic N) is 7. The number of ether oxygens (including phenoxy) is 1. The monoisotopic (exact) mass is 593 g/mol. The molecule has 1 aromatic carbocycles. The van der Waals surface area contributed by atoms with Gasteiger partial charge in [0.15, 0.2) is 5.82 Å². The Morgan fingerprint density at radius 2 is 2.07 bits per heavy atom. The van der Waals surface area contributed by atoms with Gasteiger partial charge in [-0.2, -0.15) is 19.6 Å². The second-order valence-electron chi connectivity index (χ2n) is 11.1. The number of fused-ring (bicyclic) bond motifs is 2. The minimum atomic E-state index is -0.813. The van der Waals surface area contributed by atoms with Crippen molar-refractivity contribution >= 4 is 38.8 Å². The van der Waals surface area contributed by atoms with Gasteiger partial charge in [-0.1, -0.05) is 18.7 Å². The number of aromatic nitrogens is 2. The first kappa shape index (κ1) is 28.3. The minimum Gasteiger partial charge on any atom is -0.462 e. The lowest BCUT2D eigenvalue weighted by atomic mass is 10.0. The number of carbonyl (C=O) groups excluding carboxylic acids is 1. The summed E-state index contributed by atoms with van der Waals surface area (Å²) < 4.78 is 35.4. The van der Waals surface area contributed by atoms with Gasteiger partial charge in [0.25, 0.3) is 0 Å². The smallest absolute Gasteiger partial charge is 0.318 e. The van der Waals surface area contributed by atoms with Gasteiger partial charge in [0, 0.05) is 43.2 Å². The van der Waals surface area contributed by atoms with E-state index in [9.17, 15) is 18.8 Å². The molecule has 0 N–H and O–H groups in total. The third kappa shape index (κ3) is 5.27. The molecule has 6 rings (SSSR count). The van der Waals surface area contributed by atoms with Crippen LogP contribution in [0, 0.1) is 22.3 Å². The van der Waals surface area contributed by atoms with Gasteiger partial charge in [-0.3, -0.25) is 4.79 Å². The van der Waals surface area contributed by atoms with E-state index in [4.69, 9.17) is 14.7 Å². The minimum absolute atomic E-state index is 0.185. The number of benzene rings is 1. The number of anilines is 2. The lowest BCUT2D eigenvalue weighted by Gasteiger charge is -2.42. The molecule has 2 saturated heterocycles. The predicted octanol–water partition coefficient (Wildman–Crippen LogP) is 4.12. The zero-order valence-corrected chi connectivity index (χ0v) is 24.4. The molecule has 0 saturated carbocycles. The van der Waals surface area contributed by atoms with Crippen molar-refractivity contribution in [1.29, 1.82) is 5.26 Å². The van der Waals surface area contributed by atoms with E-state index in [-0.39, 0.29) is 23.8 Å². The first-order valence-electron chi connectivity index (χ1n) is 14.3. The van der Waals surface area contributed by atoms with Gasteiger partial charge in [-0.05, 0) is 45.0 Å². The highest BCUT2D eigenvalue weighted by Gasteiger charge is 2.34. The van der Waals surface area contributed by atoms with E-state index in [1.54, 1.807) is 17.0 Å². The maximum atomic E-state index is 14.4. The second kappa shape index (κ2) is 11.8. The van der Waals surface area contributed by atoms with Crippen LogP contribution in [0.15, 0.2) is 30.9 Å². The maximum absolute atomic E-state index is 14.4. The van der Waals surface area contributed by atoms with Gasteiger partial charge in [-0.25, -0.2) is 4.39 Å². The Bertz CT molecular complexity index is 1560. The van der Waals surface area contributed by atoms with Gasteiger partial charge >= 0.3 is 6.01 Å². The number of thiophene rings is 1. The zero-order valence-electron chi connectivity index (χ0n) is 23.6. The molecule has 5 heterocycles. The average molecular weight is 594 g/mol. The van der Waals surface area contributed by atoms with Gasteiger partial charge in [0.1, 0.15) is 12.4 Å². The molecule has 2 fully saturated rings. The summed E-state index contributed by atoms with van der Waals surface area (Å²) in [7, 11) is 2.09. The molecular formula is C30H33F2N7O2S. The number of nitriles is 1. The van der Waals surface area contributed by atoms with E-state index in [0.29, 0.717) is 62.5 Å². The predicted molar refractivity (Wildman–Crippen MR) is 158 cm³/mol. The van der Waals surface area contributed by atoms with Crippen molar-refractivity contribution in [2.24, 2.45) is 0 Å². The number of piperazine rings is 1. The van der Waals surface area contributed by atoms with E-state index >= 15 is 0 Å². The molecule has 0 unspecified atom stereocenters. The summed E-state index contributed by atoms with van der Waals surface area (Å²) in [5.74, 6) is -0.238. The molecule has 2 aromatic heterocycles. The van der Waals surface area contributed by atoms with Crippen molar-refractivity contribution in [2.75, 3.05) is 56.2 Å². The van der Waals surface area contributed by atoms with Gasteiger partial charge in [0.05, 0.1) is 41.2 Å². The normalized spacial score (nSPS) is 21.0. The zero-order chi connectivity index (χ0) is 29.4. The van der Waals surface area contributed by atoms with Crippen LogP contribution in [0.2, 0.25) is 0 Å². The lowest BCUT2D eigenvalue weighted by molar-refractivity contribution is -0.128. The first-order valence-corrected chi connectivity index (χ1v) is 15.1. The van der Waals surface area contributed by atoms with Crippen molar-refractivity contribution in [1.82, 2.24) is 19.8 Å². The van der Waals surface area contributed by atoms with E-state index in [0.717, 1.165) is 53.5 Å². The Morgan fingerprint density at radius 1 is 1.21 bits per heavy atom. The number of hydrogen-bond acceptors (Lipinski definition) is 9. The summed E-state index contributed by atoms with van der Waals surface area (Å²) in [6, 6.07) is 7.75. The quantitative estimate of drug-likeness (QED) is 0.378. The van der Waals surface area contributed by atoms with Crippen molar-refractivity contribution in [2.45, 2.75) is 44.3 Å².